The zero-order valence-corrected chi connectivity index (χ0v) is 7.52. The first-order valence-corrected chi connectivity index (χ1v) is 4.37. The number of ether oxygens (including phenoxy) is 1. The number of rotatable bonds is 9. The molecule has 0 atom stereocenters. The van der Waals surface area contributed by atoms with Crippen LogP contribution in [0, 0.1) is 0 Å². The van der Waals surface area contributed by atoms with E-state index in [4.69, 9.17) is 4.74 Å². The Balaban J connectivity index is 2.77. The Morgan fingerprint density at radius 2 is 2.17 bits per heavy atom. The van der Waals surface area contributed by atoms with Crippen LogP contribution in [-0.2, 0) is 4.74 Å². The van der Waals surface area contributed by atoms with Gasteiger partial charge in [-0.25, -0.2) is 0 Å². The van der Waals surface area contributed by atoms with E-state index in [1.165, 1.54) is 0 Å². The third-order valence-electron chi connectivity index (χ3n) is 1.38. The number of hydrogen-bond donors (Lipinski definition) is 1. The molecule has 0 amide bonds. The Hall–Kier alpha value is -0.410. The summed E-state index contributed by atoms with van der Waals surface area (Å²) in [7, 11) is 0. The fraction of sp³-hybridized carbons (Fsp3) is 0.778. The third kappa shape index (κ3) is 9.59. The minimum atomic E-state index is -0.246. The molecule has 0 radical (unpaired) electrons. The molecule has 0 bridgehead atoms. The second kappa shape index (κ2) is 10.6. The van der Waals surface area contributed by atoms with E-state index in [2.05, 4.69) is 11.9 Å². The van der Waals surface area contributed by atoms with Gasteiger partial charge in [-0.1, -0.05) is 6.08 Å². The molecule has 0 aromatic heterocycles. The fourth-order valence-corrected chi connectivity index (χ4v) is 0.730. The van der Waals surface area contributed by atoms with Crippen molar-refractivity contribution in [3.8, 4) is 0 Å². The van der Waals surface area contributed by atoms with Crippen LogP contribution < -0.4 is 5.32 Å². The zero-order chi connectivity index (χ0) is 9.07. The summed E-state index contributed by atoms with van der Waals surface area (Å²) in [5, 5.41) is 3.07. The molecule has 0 aromatic carbocycles. The molecular formula is C9H18FNO. The van der Waals surface area contributed by atoms with Gasteiger partial charge < -0.3 is 10.1 Å². The van der Waals surface area contributed by atoms with Crippen LogP contribution in [0.5, 0.6) is 0 Å². The van der Waals surface area contributed by atoms with Gasteiger partial charge in [0.1, 0.15) is 0 Å². The first kappa shape index (κ1) is 11.6. The SMILES string of the molecule is C=CCCOCCNCCCF. The molecule has 0 unspecified atom stereocenters. The highest BCUT2D eigenvalue weighted by Gasteiger charge is 1.87. The molecule has 72 valence electrons. The summed E-state index contributed by atoms with van der Waals surface area (Å²) < 4.78 is 16.8. The average Bonchev–Trinajstić information content (AvgIpc) is 2.10. The molecule has 2 nitrogen and oxygen atoms in total. The van der Waals surface area contributed by atoms with Crippen molar-refractivity contribution in [2.24, 2.45) is 0 Å². The van der Waals surface area contributed by atoms with Gasteiger partial charge in [-0.2, -0.15) is 0 Å². The number of halogens is 1. The molecule has 0 aromatic rings. The molecule has 12 heavy (non-hydrogen) atoms. The topological polar surface area (TPSA) is 21.3 Å². The second-order valence-electron chi connectivity index (χ2n) is 2.48. The van der Waals surface area contributed by atoms with Gasteiger partial charge >= 0.3 is 0 Å². The van der Waals surface area contributed by atoms with Crippen molar-refractivity contribution in [3.63, 3.8) is 0 Å². The summed E-state index contributed by atoms with van der Waals surface area (Å²) in [5.74, 6) is 0. The molecule has 0 saturated heterocycles. The fourth-order valence-electron chi connectivity index (χ4n) is 0.730. The molecular weight excluding hydrogens is 157 g/mol. The molecule has 0 spiro atoms. The van der Waals surface area contributed by atoms with Crippen LogP contribution in [0.3, 0.4) is 0 Å². The maximum Gasteiger partial charge on any atom is 0.0906 e. The molecule has 0 rings (SSSR count). The van der Waals surface area contributed by atoms with Gasteiger partial charge in [0.15, 0.2) is 0 Å². The second-order valence-corrected chi connectivity index (χ2v) is 2.48. The van der Waals surface area contributed by atoms with Crippen molar-refractivity contribution >= 4 is 0 Å². The third-order valence-corrected chi connectivity index (χ3v) is 1.38. The lowest BCUT2D eigenvalue weighted by Gasteiger charge is -2.03. The van der Waals surface area contributed by atoms with Crippen molar-refractivity contribution in [2.75, 3.05) is 33.0 Å². The standard InChI is InChI=1S/C9H18FNO/c1-2-3-8-12-9-7-11-6-4-5-10/h2,11H,1,3-9H2. The van der Waals surface area contributed by atoms with Crippen LogP contribution in [0.15, 0.2) is 12.7 Å². The minimum Gasteiger partial charge on any atom is -0.380 e. The lowest BCUT2D eigenvalue weighted by molar-refractivity contribution is 0.140. The number of nitrogens with one attached hydrogen (secondary N) is 1. The Kier molecular flexibility index (Phi) is 10.2. The highest BCUT2D eigenvalue weighted by atomic mass is 19.1. The van der Waals surface area contributed by atoms with Gasteiger partial charge in [-0.3, -0.25) is 4.39 Å². The first-order chi connectivity index (χ1) is 5.91. The summed E-state index contributed by atoms with van der Waals surface area (Å²) >= 11 is 0. The van der Waals surface area contributed by atoms with Crippen LogP contribution in [0.25, 0.3) is 0 Å². The van der Waals surface area contributed by atoms with Gasteiger partial charge in [-0.15, -0.1) is 6.58 Å². The van der Waals surface area contributed by atoms with E-state index in [1.807, 2.05) is 6.08 Å². The maximum atomic E-state index is 11.6. The van der Waals surface area contributed by atoms with Gasteiger partial charge in [0, 0.05) is 6.54 Å². The van der Waals surface area contributed by atoms with Crippen LogP contribution in [0.2, 0.25) is 0 Å². The average molecular weight is 175 g/mol. The molecule has 0 aliphatic heterocycles. The lowest BCUT2D eigenvalue weighted by Crippen LogP contribution is -2.21. The summed E-state index contributed by atoms with van der Waals surface area (Å²) in [4.78, 5) is 0. The van der Waals surface area contributed by atoms with E-state index in [1.54, 1.807) is 0 Å². The summed E-state index contributed by atoms with van der Waals surface area (Å²) in [6, 6.07) is 0. The van der Waals surface area contributed by atoms with E-state index < -0.39 is 0 Å². The van der Waals surface area contributed by atoms with Crippen molar-refractivity contribution in [2.45, 2.75) is 12.8 Å². The molecule has 0 fully saturated rings. The monoisotopic (exact) mass is 175 g/mol. The molecule has 3 heteroatoms. The van der Waals surface area contributed by atoms with Crippen LogP contribution in [0.4, 0.5) is 4.39 Å². The van der Waals surface area contributed by atoms with Crippen LogP contribution in [0.1, 0.15) is 12.8 Å². The van der Waals surface area contributed by atoms with E-state index in [9.17, 15) is 4.39 Å². The van der Waals surface area contributed by atoms with Crippen molar-refractivity contribution in [1.29, 1.82) is 0 Å². The highest BCUT2D eigenvalue weighted by molar-refractivity contribution is 4.64. The van der Waals surface area contributed by atoms with Gasteiger partial charge in [0.2, 0.25) is 0 Å². The molecule has 0 aliphatic rings. The summed E-state index contributed by atoms with van der Waals surface area (Å²) in [6.45, 7) is 6.30. The number of alkyl halides is 1. The van der Waals surface area contributed by atoms with Crippen LogP contribution in [-0.4, -0.2) is 33.0 Å². The Morgan fingerprint density at radius 3 is 2.83 bits per heavy atom. The first-order valence-electron chi connectivity index (χ1n) is 4.37. The zero-order valence-electron chi connectivity index (χ0n) is 7.52. The van der Waals surface area contributed by atoms with Gasteiger partial charge in [0.05, 0.1) is 19.9 Å². The van der Waals surface area contributed by atoms with Crippen molar-refractivity contribution < 1.29 is 9.13 Å². The van der Waals surface area contributed by atoms with Crippen molar-refractivity contribution in [1.82, 2.24) is 5.32 Å². The minimum absolute atomic E-state index is 0.246. The Labute approximate surface area is 73.8 Å². The Bertz CT molecular complexity index is 98.5. The molecule has 1 N–H and O–H groups in total. The molecule has 0 aliphatic carbocycles. The largest absolute Gasteiger partial charge is 0.380 e. The van der Waals surface area contributed by atoms with E-state index >= 15 is 0 Å². The van der Waals surface area contributed by atoms with E-state index in [0.717, 1.165) is 26.1 Å². The summed E-state index contributed by atoms with van der Waals surface area (Å²) in [5.41, 5.74) is 0. The molecule has 0 heterocycles. The van der Waals surface area contributed by atoms with Gasteiger partial charge in [0.25, 0.3) is 0 Å². The van der Waals surface area contributed by atoms with Crippen LogP contribution >= 0.6 is 0 Å². The summed E-state index contributed by atoms with van der Waals surface area (Å²) in [6.07, 6.45) is 3.31. The van der Waals surface area contributed by atoms with E-state index in [-0.39, 0.29) is 6.67 Å². The predicted octanol–water partition coefficient (Wildman–Crippen LogP) is 1.53. The normalized spacial score (nSPS) is 10.1. The molecule has 0 saturated carbocycles. The Morgan fingerprint density at radius 1 is 1.33 bits per heavy atom. The quantitative estimate of drug-likeness (QED) is 0.424. The number of hydrogen-bond acceptors (Lipinski definition) is 2. The smallest absolute Gasteiger partial charge is 0.0906 e. The maximum absolute atomic E-state index is 11.6. The lowest BCUT2D eigenvalue weighted by atomic mass is 10.4. The van der Waals surface area contributed by atoms with Crippen molar-refractivity contribution in [3.05, 3.63) is 12.7 Å². The predicted molar refractivity (Wildman–Crippen MR) is 49.1 cm³/mol. The van der Waals surface area contributed by atoms with E-state index in [0.29, 0.717) is 13.0 Å². The highest BCUT2D eigenvalue weighted by Crippen LogP contribution is 1.82. The van der Waals surface area contributed by atoms with Gasteiger partial charge in [-0.05, 0) is 19.4 Å².